The van der Waals surface area contributed by atoms with Crippen LogP contribution in [0.2, 0.25) is 0 Å². The van der Waals surface area contributed by atoms with Crippen LogP contribution in [0.15, 0.2) is 12.0 Å². The summed E-state index contributed by atoms with van der Waals surface area (Å²) >= 11 is 0. The Morgan fingerprint density at radius 2 is 1.95 bits per heavy atom. The van der Waals surface area contributed by atoms with Gasteiger partial charge in [0.2, 0.25) is 5.91 Å². The summed E-state index contributed by atoms with van der Waals surface area (Å²) in [5.74, 6) is 2.43. The van der Waals surface area contributed by atoms with Crippen molar-refractivity contribution in [3.8, 4) is 0 Å². The van der Waals surface area contributed by atoms with Crippen LogP contribution in [-0.2, 0) is 9.63 Å². The number of carbonyl (C=O) groups excluding carboxylic acids is 1. The Hall–Kier alpha value is -1.27. The molecule has 0 aromatic carbocycles. The molecule has 1 aliphatic carbocycles. The average molecular weight is 306 g/mol. The molecule has 1 atom stereocenters. The van der Waals surface area contributed by atoms with Gasteiger partial charge in [-0.15, -0.1) is 0 Å². The molecule has 2 N–H and O–H groups in total. The predicted molar refractivity (Wildman–Crippen MR) is 81.5 cm³/mol. The summed E-state index contributed by atoms with van der Waals surface area (Å²) in [6, 6.07) is 0. The monoisotopic (exact) mass is 306 g/mol. The quantitative estimate of drug-likeness (QED) is 0.828. The minimum Gasteiger partial charge on any atom is -0.390 e. The molecular weight excluding hydrogens is 280 g/mol. The zero-order valence-corrected chi connectivity index (χ0v) is 13.1. The number of hydrazine groups is 2. The van der Waals surface area contributed by atoms with Gasteiger partial charge in [-0.3, -0.25) is 10.2 Å². The number of hydrogen-bond acceptors (Lipinski definition) is 5. The van der Waals surface area contributed by atoms with Gasteiger partial charge in [-0.05, 0) is 50.3 Å². The summed E-state index contributed by atoms with van der Waals surface area (Å²) in [5.41, 5.74) is 5.75. The molecule has 1 amide bonds. The number of fused-ring (bicyclic) bond motifs is 3. The van der Waals surface area contributed by atoms with Crippen molar-refractivity contribution < 1.29 is 9.63 Å². The summed E-state index contributed by atoms with van der Waals surface area (Å²) in [7, 11) is 0. The van der Waals surface area contributed by atoms with E-state index in [9.17, 15) is 4.79 Å². The van der Waals surface area contributed by atoms with Crippen molar-refractivity contribution in [2.45, 2.75) is 44.9 Å². The van der Waals surface area contributed by atoms with E-state index in [1.165, 1.54) is 45.2 Å². The Morgan fingerprint density at radius 3 is 2.64 bits per heavy atom. The summed E-state index contributed by atoms with van der Waals surface area (Å²) in [5, 5.41) is 1.60. The van der Waals surface area contributed by atoms with Gasteiger partial charge in [0.1, 0.15) is 0 Å². The molecule has 22 heavy (non-hydrogen) atoms. The highest BCUT2D eigenvalue weighted by Crippen LogP contribution is 2.37. The fourth-order valence-electron chi connectivity index (χ4n) is 4.37. The number of nitrogens with one attached hydrogen (secondary N) is 2. The average Bonchev–Trinajstić information content (AvgIpc) is 3.05. The molecule has 5 rings (SSSR count). The second kappa shape index (κ2) is 6.08. The largest absolute Gasteiger partial charge is 0.390 e. The maximum atomic E-state index is 12.3. The highest BCUT2D eigenvalue weighted by atomic mass is 16.7. The van der Waals surface area contributed by atoms with Gasteiger partial charge >= 0.3 is 0 Å². The highest BCUT2D eigenvalue weighted by Gasteiger charge is 2.39. The lowest BCUT2D eigenvalue weighted by atomic mass is 9.78. The van der Waals surface area contributed by atoms with Gasteiger partial charge in [-0.1, -0.05) is 19.3 Å². The lowest BCUT2D eigenvalue weighted by molar-refractivity contribution is -0.134. The number of piperidine rings is 3. The van der Waals surface area contributed by atoms with Crippen molar-refractivity contribution in [2.75, 3.05) is 19.6 Å². The van der Waals surface area contributed by atoms with E-state index in [-0.39, 0.29) is 11.8 Å². The zero-order valence-electron chi connectivity index (χ0n) is 13.1. The number of rotatable bonds is 3. The van der Waals surface area contributed by atoms with Crippen LogP contribution >= 0.6 is 0 Å². The summed E-state index contributed by atoms with van der Waals surface area (Å²) in [6.07, 6.45) is 10.1. The Morgan fingerprint density at radius 1 is 1.18 bits per heavy atom. The van der Waals surface area contributed by atoms with Gasteiger partial charge in [0.15, 0.2) is 5.76 Å². The molecule has 0 spiro atoms. The molecule has 1 unspecified atom stereocenters. The Balaban J connectivity index is 1.34. The van der Waals surface area contributed by atoms with Crippen molar-refractivity contribution >= 4 is 5.91 Å². The van der Waals surface area contributed by atoms with Gasteiger partial charge in [0, 0.05) is 18.4 Å². The van der Waals surface area contributed by atoms with Gasteiger partial charge in [-0.25, -0.2) is 0 Å². The van der Waals surface area contributed by atoms with E-state index in [2.05, 4.69) is 15.9 Å². The Labute approximate surface area is 131 Å². The molecule has 4 aliphatic heterocycles. The highest BCUT2D eigenvalue weighted by molar-refractivity contribution is 5.78. The first kappa shape index (κ1) is 14.3. The fourth-order valence-corrected chi connectivity index (χ4v) is 4.37. The van der Waals surface area contributed by atoms with Crippen LogP contribution in [0.4, 0.5) is 0 Å². The Kier molecular flexibility index (Phi) is 3.96. The zero-order chi connectivity index (χ0) is 14.9. The minimum atomic E-state index is 0.113. The van der Waals surface area contributed by atoms with Crippen molar-refractivity contribution in [1.82, 2.24) is 21.0 Å². The molecule has 6 nitrogen and oxygen atoms in total. The predicted octanol–water partition coefficient (Wildman–Crippen LogP) is 1.53. The van der Waals surface area contributed by atoms with Gasteiger partial charge in [0.25, 0.3) is 0 Å². The SMILES string of the molecule is O=C(NN1C=C(C2CN3CCC2CC3)ON1)C1CCCCC1. The third-order valence-electron chi connectivity index (χ3n) is 5.75. The van der Waals surface area contributed by atoms with E-state index >= 15 is 0 Å². The standard InChI is InChI=1S/C16H26N4O2/c21-16(13-4-2-1-3-5-13)17-20-11-15(22-18-20)14-10-19-8-6-12(14)7-9-19/h11-14,18H,1-10H2,(H,17,21). The van der Waals surface area contributed by atoms with E-state index in [1.807, 2.05) is 6.20 Å². The van der Waals surface area contributed by atoms with Crippen molar-refractivity contribution in [2.24, 2.45) is 17.8 Å². The molecule has 6 heteroatoms. The maximum absolute atomic E-state index is 12.3. The van der Waals surface area contributed by atoms with E-state index < -0.39 is 0 Å². The molecule has 0 aromatic rings. The smallest absolute Gasteiger partial charge is 0.242 e. The fraction of sp³-hybridized carbons (Fsp3) is 0.812. The van der Waals surface area contributed by atoms with Crippen LogP contribution in [0.3, 0.4) is 0 Å². The van der Waals surface area contributed by atoms with E-state index in [0.29, 0.717) is 5.92 Å². The first-order valence-electron chi connectivity index (χ1n) is 8.76. The second-order valence-corrected chi connectivity index (χ2v) is 7.15. The second-order valence-electron chi connectivity index (χ2n) is 7.15. The first-order valence-corrected chi connectivity index (χ1v) is 8.76. The number of amides is 1. The van der Waals surface area contributed by atoms with Crippen molar-refractivity contribution in [3.63, 3.8) is 0 Å². The number of hydrogen-bond donors (Lipinski definition) is 2. The normalized spacial score (nSPS) is 35.2. The molecule has 4 heterocycles. The van der Waals surface area contributed by atoms with Gasteiger partial charge < -0.3 is 9.74 Å². The van der Waals surface area contributed by atoms with E-state index in [4.69, 9.17) is 4.84 Å². The molecule has 122 valence electrons. The van der Waals surface area contributed by atoms with Crippen LogP contribution in [0.5, 0.6) is 0 Å². The summed E-state index contributed by atoms with van der Waals surface area (Å²) < 4.78 is 0. The molecule has 4 fully saturated rings. The van der Waals surface area contributed by atoms with Gasteiger partial charge in [-0.2, -0.15) is 5.12 Å². The molecule has 1 saturated carbocycles. The molecule has 5 aliphatic rings. The lowest BCUT2D eigenvalue weighted by Crippen LogP contribution is -2.48. The lowest BCUT2D eigenvalue weighted by Gasteiger charge is -2.44. The van der Waals surface area contributed by atoms with Crippen LogP contribution < -0.4 is 11.0 Å². The van der Waals surface area contributed by atoms with Crippen LogP contribution in [0, 0.1) is 17.8 Å². The van der Waals surface area contributed by atoms with E-state index in [0.717, 1.165) is 31.1 Å². The van der Waals surface area contributed by atoms with Crippen molar-refractivity contribution in [1.29, 1.82) is 0 Å². The molecule has 0 radical (unpaired) electrons. The molecule has 3 saturated heterocycles. The third kappa shape index (κ3) is 2.82. The van der Waals surface area contributed by atoms with Crippen LogP contribution in [0.25, 0.3) is 0 Å². The van der Waals surface area contributed by atoms with E-state index in [1.54, 1.807) is 5.12 Å². The number of carbonyl (C=O) groups is 1. The minimum absolute atomic E-state index is 0.113. The molecule has 2 bridgehead atoms. The summed E-state index contributed by atoms with van der Waals surface area (Å²) in [6.45, 7) is 3.54. The van der Waals surface area contributed by atoms with Gasteiger partial charge in [0.05, 0.1) is 6.20 Å². The third-order valence-corrected chi connectivity index (χ3v) is 5.75. The first-order chi connectivity index (χ1) is 10.8. The molecule has 0 aromatic heterocycles. The van der Waals surface area contributed by atoms with Crippen LogP contribution in [0.1, 0.15) is 44.9 Å². The van der Waals surface area contributed by atoms with Crippen LogP contribution in [-0.4, -0.2) is 35.6 Å². The van der Waals surface area contributed by atoms with Crippen molar-refractivity contribution in [3.05, 3.63) is 12.0 Å². The molecular formula is C16H26N4O2. The Bertz CT molecular complexity index is 453. The number of nitrogens with zero attached hydrogens (tertiary/aromatic N) is 2. The topological polar surface area (TPSA) is 56.8 Å². The maximum Gasteiger partial charge on any atom is 0.242 e. The summed E-state index contributed by atoms with van der Waals surface area (Å²) in [4.78, 5) is 20.4.